The monoisotopic (exact) mass is 512 g/mol. The van der Waals surface area contributed by atoms with Crippen molar-refractivity contribution in [3.05, 3.63) is 96.9 Å². The molecule has 2 N–H and O–H groups in total. The lowest BCUT2D eigenvalue weighted by molar-refractivity contribution is -0.403. The van der Waals surface area contributed by atoms with Crippen LogP contribution in [0.25, 0.3) is 0 Å². The van der Waals surface area contributed by atoms with Gasteiger partial charge >= 0.3 is 5.63 Å². The van der Waals surface area contributed by atoms with Crippen LogP contribution in [-0.2, 0) is 22.2 Å². The summed E-state index contributed by atoms with van der Waals surface area (Å²) in [4.78, 5) is 23.6. The molecule has 1 saturated carbocycles. The van der Waals surface area contributed by atoms with Crippen molar-refractivity contribution in [2.24, 2.45) is 5.92 Å². The third-order valence-electron chi connectivity index (χ3n) is 7.26. The lowest BCUT2D eigenvalue weighted by atomic mass is 9.72. The van der Waals surface area contributed by atoms with Gasteiger partial charge in [-0.3, -0.25) is 10.1 Å². The molecule has 1 aliphatic carbocycles. The normalized spacial score (nSPS) is 21.4. The maximum absolute atomic E-state index is 13.3. The zero-order chi connectivity index (χ0) is 25.9. The summed E-state index contributed by atoms with van der Waals surface area (Å²) < 4.78 is 12.0. The molecule has 1 fully saturated rings. The van der Waals surface area contributed by atoms with Gasteiger partial charge in [0, 0.05) is 17.9 Å². The Morgan fingerprint density at radius 2 is 2.08 bits per heavy atom. The molecule has 1 aromatic heterocycles. The van der Waals surface area contributed by atoms with Crippen LogP contribution in [0.2, 0.25) is 0 Å². The smallest absolute Gasteiger partial charge is 0.347 e. The molecule has 0 bridgehead atoms. The maximum atomic E-state index is 13.3. The van der Waals surface area contributed by atoms with Gasteiger partial charge < -0.3 is 19.6 Å². The lowest BCUT2D eigenvalue weighted by Gasteiger charge is -2.33. The lowest BCUT2D eigenvalue weighted by Crippen LogP contribution is -2.34. The molecule has 0 spiro atoms. The van der Waals surface area contributed by atoms with Crippen LogP contribution in [0.4, 0.5) is 0 Å². The largest absolute Gasteiger partial charge is 0.507 e. The van der Waals surface area contributed by atoms with E-state index in [0.29, 0.717) is 28.9 Å². The molecule has 36 heavy (non-hydrogen) atoms. The standard InChI is InChI=1S/C27H32N2O6S/c1-4-27(19-10-11-19,15-18-8-6-5-7-9-18)22-14-21(30)24(25(31)34-22)26(2)13-12-20(35-26)16-28-23(36-3)17-29(32)33/h5-9,12,14,17,19,28,30H,4,10-11,13,15-16H2,1-3H3. The minimum Gasteiger partial charge on any atom is -0.507 e. The van der Waals surface area contributed by atoms with E-state index in [1.54, 1.807) is 19.2 Å². The average Bonchev–Trinajstić information content (AvgIpc) is 3.63. The van der Waals surface area contributed by atoms with Crippen molar-refractivity contribution in [1.29, 1.82) is 0 Å². The van der Waals surface area contributed by atoms with Gasteiger partial charge in [0.2, 0.25) is 0 Å². The van der Waals surface area contributed by atoms with Gasteiger partial charge in [0.25, 0.3) is 6.20 Å². The highest BCUT2D eigenvalue weighted by molar-refractivity contribution is 8.02. The summed E-state index contributed by atoms with van der Waals surface area (Å²) in [5, 5.41) is 25.2. The Hall–Kier alpha value is -3.20. The fourth-order valence-corrected chi connectivity index (χ4v) is 5.62. The molecule has 4 rings (SSSR count). The number of aromatic hydroxyl groups is 1. The number of rotatable bonds is 11. The van der Waals surface area contributed by atoms with Gasteiger partial charge in [-0.05, 0) is 56.4 Å². The molecule has 2 unspecified atom stereocenters. The van der Waals surface area contributed by atoms with Crippen molar-refractivity contribution < 1.29 is 19.2 Å². The van der Waals surface area contributed by atoms with Crippen LogP contribution in [0, 0.1) is 16.0 Å². The van der Waals surface area contributed by atoms with Gasteiger partial charge in [0.1, 0.15) is 33.5 Å². The first-order valence-corrected chi connectivity index (χ1v) is 13.4. The van der Waals surface area contributed by atoms with E-state index in [-0.39, 0.29) is 23.3 Å². The number of hydrogen-bond acceptors (Lipinski definition) is 8. The van der Waals surface area contributed by atoms with Crippen molar-refractivity contribution >= 4 is 11.8 Å². The van der Waals surface area contributed by atoms with Gasteiger partial charge in [-0.25, -0.2) is 4.79 Å². The number of ether oxygens (including phenoxy) is 1. The number of benzene rings is 1. The predicted molar refractivity (Wildman–Crippen MR) is 139 cm³/mol. The van der Waals surface area contributed by atoms with Crippen LogP contribution in [0.1, 0.15) is 56.4 Å². The zero-order valence-corrected chi connectivity index (χ0v) is 21.6. The number of nitrogens with zero attached hydrogens (tertiary/aromatic N) is 1. The van der Waals surface area contributed by atoms with E-state index in [1.165, 1.54) is 17.3 Å². The Bertz CT molecular complexity index is 1240. The molecule has 9 heteroatoms. The van der Waals surface area contributed by atoms with Crippen LogP contribution in [0.5, 0.6) is 5.75 Å². The van der Waals surface area contributed by atoms with E-state index in [9.17, 15) is 20.0 Å². The Kier molecular flexibility index (Phi) is 7.49. The maximum Gasteiger partial charge on any atom is 0.347 e. The summed E-state index contributed by atoms with van der Waals surface area (Å²) in [6, 6.07) is 11.8. The molecule has 0 saturated heterocycles. The van der Waals surface area contributed by atoms with Gasteiger partial charge in [-0.1, -0.05) is 37.3 Å². The number of nitro groups is 1. The number of nitrogens with one attached hydrogen (secondary N) is 1. The van der Waals surface area contributed by atoms with Crippen LogP contribution < -0.4 is 10.9 Å². The molecule has 2 aliphatic rings. The molecule has 8 nitrogen and oxygen atoms in total. The van der Waals surface area contributed by atoms with Gasteiger partial charge in [0.05, 0.1) is 11.5 Å². The van der Waals surface area contributed by atoms with E-state index in [1.807, 2.05) is 24.3 Å². The molecule has 0 amide bonds. The Balaban J connectivity index is 1.58. The highest BCUT2D eigenvalue weighted by Gasteiger charge is 2.48. The molecule has 2 heterocycles. The van der Waals surface area contributed by atoms with E-state index in [4.69, 9.17) is 9.15 Å². The third-order valence-corrected chi connectivity index (χ3v) is 7.95. The molecule has 2 atom stereocenters. The summed E-state index contributed by atoms with van der Waals surface area (Å²) >= 11 is 1.22. The summed E-state index contributed by atoms with van der Waals surface area (Å²) in [6.07, 6.45) is 8.46. The molecular formula is C27H32N2O6S. The molecule has 192 valence electrons. The van der Waals surface area contributed by atoms with Crippen LogP contribution >= 0.6 is 11.8 Å². The quantitative estimate of drug-likeness (QED) is 0.312. The van der Waals surface area contributed by atoms with Gasteiger partial charge in [0.15, 0.2) is 0 Å². The van der Waals surface area contributed by atoms with Crippen LogP contribution in [0.3, 0.4) is 0 Å². The number of hydrogen-bond donors (Lipinski definition) is 2. The van der Waals surface area contributed by atoms with Crippen molar-refractivity contribution in [2.75, 3.05) is 12.8 Å². The Morgan fingerprint density at radius 3 is 2.67 bits per heavy atom. The van der Waals surface area contributed by atoms with E-state index in [0.717, 1.165) is 31.9 Å². The molecule has 1 aromatic carbocycles. The fourth-order valence-electron chi connectivity index (χ4n) is 5.21. The van der Waals surface area contributed by atoms with E-state index >= 15 is 0 Å². The molecular weight excluding hydrogens is 480 g/mol. The van der Waals surface area contributed by atoms with Crippen molar-refractivity contribution in [1.82, 2.24) is 5.32 Å². The zero-order valence-electron chi connectivity index (χ0n) is 20.8. The van der Waals surface area contributed by atoms with Crippen molar-refractivity contribution in [2.45, 2.75) is 57.0 Å². The third kappa shape index (κ3) is 5.31. The minimum absolute atomic E-state index is 0.0870. The topological polar surface area (TPSA) is 115 Å². The minimum atomic E-state index is -1.10. The summed E-state index contributed by atoms with van der Waals surface area (Å²) in [7, 11) is 0. The second-order valence-corrected chi connectivity index (χ2v) is 10.5. The van der Waals surface area contributed by atoms with Crippen LogP contribution in [0.15, 0.2) is 68.7 Å². The molecule has 0 radical (unpaired) electrons. The highest BCUT2D eigenvalue weighted by Crippen LogP contribution is 2.52. The second kappa shape index (κ2) is 10.4. The predicted octanol–water partition coefficient (Wildman–Crippen LogP) is 5.19. The van der Waals surface area contributed by atoms with Gasteiger partial charge in [-0.2, -0.15) is 0 Å². The summed E-state index contributed by atoms with van der Waals surface area (Å²) in [5.41, 5.74) is -0.802. The summed E-state index contributed by atoms with van der Waals surface area (Å²) in [6.45, 7) is 4.06. The molecule has 2 aromatic rings. The first-order valence-electron chi connectivity index (χ1n) is 12.1. The first kappa shape index (κ1) is 25.9. The van der Waals surface area contributed by atoms with Crippen LogP contribution in [-0.4, -0.2) is 22.8 Å². The average molecular weight is 513 g/mol. The SMILES string of the molecule is CCC(Cc1ccccc1)(c1cc(O)c(C2(C)CC=C(CNC(=C[N+](=O)[O-])SC)O2)c(=O)o1)C1CC1. The summed E-state index contributed by atoms with van der Waals surface area (Å²) in [5.74, 6) is 1.32. The first-order chi connectivity index (χ1) is 17.2. The van der Waals surface area contributed by atoms with E-state index in [2.05, 4.69) is 24.4 Å². The Morgan fingerprint density at radius 1 is 1.36 bits per heavy atom. The van der Waals surface area contributed by atoms with E-state index < -0.39 is 16.1 Å². The van der Waals surface area contributed by atoms with Crippen molar-refractivity contribution in [3.63, 3.8) is 0 Å². The molecule has 1 aliphatic heterocycles. The van der Waals surface area contributed by atoms with Gasteiger partial charge in [-0.15, -0.1) is 11.8 Å². The second-order valence-electron chi connectivity index (χ2n) is 9.65. The fraction of sp³-hybridized carbons (Fsp3) is 0.444. The highest BCUT2D eigenvalue weighted by atomic mass is 32.2. The Labute approximate surface area is 214 Å². The number of thioether (sulfide) groups is 1. The van der Waals surface area contributed by atoms with Crippen molar-refractivity contribution in [3.8, 4) is 5.75 Å².